The minimum absolute atomic E-state index is 0.0894. The first-order chi connectivity index (χ1) is 12.5. The van der Waals surface area contributed by atoms with E-state index in [4.69, 9.17) is 22.1 Å². The summed E-state index contributed by atoms with van der Waals surface area (Å²) in [6.45, 7) is 0. The fourth-order valence-electron chi connectivity index (χ4n) is 3.30. The minimum atomic E-state index is -0.786. The van der Waals surface area contributed by atoms with Gasteiger partial charge in [-0.15, -0.1) is 0 Å². The summed E-state index contributed by atoms with van der Waals surface area (Å²) in [6.07, 6.45) is 0. The van der Waals surface area contributed by atoms with Gasteiger partial charge in [0.25, 0.3) is 0 Å². The largest absolute Gasteiger partial charge is 0.436 e. The van der Waals surface area contributed by atoms with E-state index in [9.17, 15) is 14.9 Å². The Labute approximate surface area is 153 Å². The highest BCUT2D eigenvalue weighted by Gasteiger charge is 2.43. The lowest BCUT2D eigenvalue weighted by atomic mass is 9.75. The zero-order valence-electron chi connectivity index (χ0n) is 13.3. The molecule has 26 heavy (non-hydrogen) atoms. The average Bonchev–Trinajstić information content (AvgIpc) is 2.66. The van der Waals surface area contributed by atoms with Crippen LogP contribution in [-0.4, -0.2) is 11.6 Å². The lowest BCUT2D eigenvalue weighted by molar-refractivity contribution is 0.0897. The first-order valence-corrected chi connectivity index (χ1v) is 8.16. The van der Waals surface area contributed by atoms with E-state index >= 15 is 0 Å². The highest BCUT2D eigenvalue weighted by molar-refractivity contribution is 6.30. The van der Waals surface area contributed by atoms with Crippen molar-refractivity contribution < 1.29 is 14.3 Å². The van der Waals surface area contributed by atoms with Crippen molar-refractivity contribution in [3.8, 4) is 6.07 Å². The molecule has 2 aromatic carbocycles. The number of fused-ring (bicyclic) bond motifs is 1. The quantitative estimate of drug-likeness (QED) is 0.838. The van der Waals surface area contributed by atoms with Gasteiger partial charge in [-0.1, -0.05) is 48.0 Å². The number of allylic oxidation sites excluding steroid dienone is 3. The highest BCUT2D eigenvalue weighted by atomic mass is 35.5. The van der Waals surface area contributed by atoms with Crippen LogP contribution in [0.1, 0.15) is 32.2 Å². The first kappa shape index (κ1) is 16.1. The molecule has 126 valence electrons. The third-order valence-corrected chi connectivity index (χ3v) is 4.74. The van der Waals surface area contributed by atoms with Gasteiger partial charge in [0, 0.05) is 16.1 Å². The lowest BCUT2D eigenvalue weighted by Gasteiger charge is -2.30. The van der Waals surface area contributed by atoms with Crippen molar-refractivity contribution in [2.75, 3.05) is 0 Å². The number of benzene rings is 2. The lowest BCUT2D eigenvalue weighted by Crippen LogP contribution is -2.32. The molecule has 1 aliphatic heterocycles. The van der Waals surface area contributed by atoms with Crippen molar-refractivity contribution in [1.82, 2.24) is 0 Å². The monoisotopic (exact) mass is 362 g/mol. The molecule has 5 nitrogen and oxygen atoms in total. The van der Waals surface area contributed by atoms with Crippen molar-refractivity contribution in [1.29, 1.82) is 5.26 Å². The van der Waals surface area contributed by atoms with Gasteiger partial charge in [-0.05, 0) is 17.7 Å². The van der Waals surface area contributed by atoms with E-state index in [2.05, 4.69) is 0 Å². The Morgan fingerprint density at radius 1 is 1.00 bits per heavy atom. The molecule has 2 aliphatic rings. The molecule has 0 saturated carbocycles. The molecule has 0 saturated heterocycles. The fourth-order valence-corrected chi connectivity index (χ4v) is 3.42. The van der Waals surface area contributed by atoms with Gasteiger partial charge in [-0.2, -0.15) is 5.26 Å². The zero-order chi connectivity index (χ0) is 18.4. The summed E-state index contributed by atoms with van der Waals surface area (Å²) in [6, 6.07) is 15.2. The molecular formula is C20H11ClN2O3. The second-order valence-corrected chi connectivity index (χ2v) is 6.36. The number of nitriles is 1. The average molecular weight is 363 g/mol. The summed E-state index contributed by atoms with van der Waals surface area (Å²) in [5.41, 5.74) is 7.29. The molecule has 0 radical (unpaired) electrons. The van der Waals surface area contributed by atoms with Gasteiger partial charge in [0.15, 0.2) is 11.5 Å². The predicted molar refractivity (Wildman–Crippen MR) is 94.2 cm³/mol. The number of carbonyl (C=O) groups excluding carboxylic acids is 2. The Morgan fingerprint density at radius 2 is 1.62 bits per heavy atom. The van der Waals surface area contributed by atoms with Gasteiger partial charge < -0.3 is 10.5 Å². The van der Waals surface area contributed by atoms with Crippen LogP contribution in [0.3, 0.4) is 0 Å². The molecule has 2 aromatic rings. The van der Waals surface area contributed by atoms with Crippen LogP contribution in [0.4, 0.5) is 0 Å². The van der Waals surface area contributed by atoms with Crippen molar-refractivity contribution in [3.63, 3.8) is 0 Å². The number of nitrogens with two attached hydrogens (primary N) is 1. The Bertz CT molecular complexity index is 1070. The van der Waals surface area contributed by atoms with Gasteiger partial charge in [0.05, 0.1) is 11.5 Å². The molecule has 0 bridgehead atoms. The molecule has 1 aliphatic carbocycles. The summed E-state index contributed by atoms with van der Waals surface area (Å²) < 4.78 is 5.43. The van der Waals surface area contributed by atoms with E-state index < -0.39 is 11.7 Å². The molecule has 0 amide bonds. The van der Waals surface area contributed by atoms with Crippen LogP contribution >= 0.6 is 11.6 Å². The van der Waals surface area contributed by atoms with E-state index in [1.807, 2.05) is 6.07 Å². The molecule has 6 heteroatoms. The molecule has 0 spiro atoms. The van der Waals surface area contributed by atoms with Gasteiger partial charge in [-0.3, -0.25) is 9.59 Å². The summed E-state index contributed by atoms with van der Waals surface area (Å²) >= 11 is 5.95. The Balaban J connectivity index is 1.97. The number of carbonyl (C=O) groups is 2. The Kier molecular flexibility index (Phi) is 3.64. The summed E-state index contributed by atoms with van der Waals surface area (Å²) in [5.74, 6) is -1.85. The number of ether oxygens (including phenoxy) is 1. The van der Waals surface area contributed by atoms with E-state index in [0.717, 1.165) is 0 Å². The van der Waals surface area contributed by atoms with Gasteiger partial charge in [0.2, 0.25) is 11.7 Å². The van der Waals surface area contributed by atoms with Crippen molar-refractivity contribution >= 4 is 23.2 Å². The van der Waals surface area contributed by atoms with E-state index in [-0.39, 0.29) is 39.7 Å². The van der Waals surface area contributed by atoms with Crippen LogP contribution in [0.25, 0.3) is 0 Å². The summed E-state index contributed by atoms with van der Waals surface area (Å²) in [5, 5.41) is 10.1. The minimum Gasteiger partial charge on any atom is -0.436 e. The number of nitrogens with zero attached hydrogens (tertiary/aromatic N) is 1. The number of halogens is 1. The number of hydrogen-bond donors (Lipinski definition) is 1. The molecule has 1 unspecified atom stereocenters. The predicted octanol–water partition coefficient (Wildman–Crippen LogP) is 3.48. The number of Topliss-reactive ketones (excluding diaryl/α,β-unsaturated/α-hetero) is 2. The maximum absolute atomic E-state index is 13.1. The van der Waals surface area contributed by atoms with E-state index in [1.165, 1.54) is 0 Å². The van der Waals surface area contributed by atoms with Crippen LogP contribution in [0.2, 0.25) is 5.02 Å². The molecular weight excluding hydrogens is 352 g/mol. The second kappa shape index (κ2) is 5.87. The molecule has 0 fully saturated rings. The molecule has 4 rings (SSSR count). The van der Waals surface area contributed by atoms with Gasteiger partial charge >= 0.3 is 0 Å². The van der Waals surface area contributed by atoms with Crippen LogP contribution in [0.5, 0.6) is 0 Å². The maximum atomic E-state index is 13.1. The van der Waals surface area contributed by atoms with Crippen LogP contribution in [-0.2, 0) is 4.74 Å². The van der Waals surface area contributed by atoms with Crippen LogP contribution in [0.15, 0.2) is 71.3 Å². The second-order valence-electron chi connectivity index (χ2n) is 5.92. The summed E-state index contributed by atoms with van der Waals surface area (Å²) in [7, 11) is 0. The number of rotatable bonds is 1. The topological polar surface area (TPSA) is 93.2 Å². The molecule has 0 aromatic heterocycles. The Morgan fingerprint density at radius 3 is 2.23 bits per heavy atom. The van der Waals surface area contributed by atoms with Crippen LogP contribution < -0.4 is 5.73 Å². The standard InChI is InChI=1S/C20H11ClN2O3/c21-11-7-5-10(6-8-11)15-14(9-22)20(23)26-19-16(15)17(24)12-3-1-2-4-13(12)18(19)25/h1-8,15H,23H2. The molecule has 1 heterocycles. The molecule has 2 N–H and O–H groups in total. The first-order valence-electron chi connectivity index (χ1n) is 7.78. The van der Waals surface area contributed by atoms with Gasteiger partial charge in [0.1, 0.15) is 11.6 Å². The van der Waals surface area contributed by atoms with Crippen molar-refractivity contribution in [3.05, 3.63) is 93.0 Å². The van der Waals surface area contributed by atoms with Crippen molar-refractivity contribution in [2.45, 2.75) is 5.92 Å². The third kappa shape index (κ3) is 2.24. The summed E-state index contributed by atoms with van der Waals surface area (Å²) in [4.78, 5) is 26.0. The van der Waals surface area contributed by atoms with Crippen LogP contribution in [0, 0.1) is 11.3 Å². The zero-order valence-corrected chi connectivity index (χ0v) is 14.1. The maximum Gasteiger partial charge on any atom is 0.229 e. The van der Waals surface area contributed by atoms with Gasteiger partial charge in [-0.25, -0.2) is 0 Å². The SMILES string of the molecule is N#CC1=C(N)OC2=C(C(=O)c3ccccc3C2=O)C1c1ccc(Cl)cc1. The van der Waals surface area contributed by atoms with Crippen molar-refractivity contribution in [2.24, 2.45) is 5.73 Å². The third-order valence-electron chi connectivity index (χ3n) is 4.49. The smallest absolute Gasteiger partial charge is 0.229 e. The fraction of sp³-hybridized carbons (Fsp3) is 0.0500. The number of hydrogen-bond acceptors (Lipinski definition) is 5. The normalized spacial score (nSPS) is 18.8. The molecule has 1 atom stereocenters. The Hall–Kier alpha value is -3.36. The van der Waals surface area contributed by atoms with E-state index in [1.54, 1.807) is 48.5 Å². The number of ketones is 2. The highest BCUT2D eigenvalue weighted by Crippen LogP contribution is 2.44. The van der Waals surface area contributed by atoms with E-state index in [0.29, 0.717) is 10.6 Å².